The van der Waals surface area contributed by atoms with Crippen LogP contribution in [-0.2, 0) is 22.5 Å². The van der Waals surface area contributed by atoms with E-state index in [0.29, 0.717) is 19.4 Å². The number of aromatic nitrogens is 3. The first kappa shape index (κ1) is 14.6. The van der Waals surface area contributed by atoms with Gasteiger partial charge in [-0.25, -0.2) is 4.68 Å². The Morgan fingerprint density at radius 1 is 1.67 bits per heavy atom. The lowest BCUT2D eigenvalue weighted by Crippen LogP contribution is -2.37. The number of nitrogens with one attached hydrogen (secondary N) is 1. The number of carbonyl (C=O) groups is 1. The van der Waals surface area contributed by atoms with E-state index < -0.39 is 0 Å². The number of aryl methyl sites for hydroxylation is 1. The number of hydrogen-bond acceptors (Lipinski definition) is 5. The zero-order valence-electron chi connectivity index (χ0n) is 10.8. The number of amides is 1. The molecule has 0 bridgehead atoms. The summed E-state index contributed by atoms with van der Waals surface area (Å²) < 4.78 is 6.42. The van der Waals surface area contributed by atoms with Crippen LogP contribution in [0.1, 0.15) is 19.0 Å². The van der Waals surface area contributed by atoms with Crippen LogP contribution in [0, 0.1) is 0 Å². The lowest BCUT2D eigenvalue weighted by Gasteiger charge is -2.12. The summed E-state index contributed by atoms with van der Waals surface area (Å²) in [5.41, 5.74) is 0.779. The summed E-state index contributed by atoms with van der Waals surface area (Å²) >= 11 is 0. The summed E-state index contributed by atoms with van der Waals surface area (Å²) in [6.45, 7) is 2.61. The van der Waals surface area contributed by atoms with Crippen LogP contribution in [0.15, 0.2) is 6.20 Å². The minimum Gasteiger partial charge on any atom is -0.396 e. The average Bonchev–Trinajstić information content (AvgIpc) is 2.74. The zero-order chi connectivity index (χ0) is 13.4. The molecule has 0 aliphatic heterocycles. The van der Waals surface area contributed by atoms with Crippen molar-refractivity contribution in [2.45, 2.75) is 32.4 Å². The van der Waals surface area contributed by atoms with Gasteiger partial charge in [0, 0.05) is 26.0 Å². The number of nitrogens with zero attached hydrogens (tertiary/aromatic N) is 3. The van der Waals surface area contributed by atoms with E-state index in [9.17, 15) is 4.79 Å². The second kappa shape index (κ2) is 7.78. The van der Waals surface area contributed by atoms with Crippen molar-refractivity contribution >= 4 is 5.91 Å². The summed E-state index contributed by atoms with van der Waals surface area (Å²) in [6.07, 6.45) is 3.03. The maximum Gasteiger partial charge on any atom is 0.242 e. The van der Waals surface area contributed by atoms with Gasteiger partial charge in [0.1, 0.15) is 6.54 Å². The molecule has 1 atom stereocenters. The van der Waals surface area contributed by atoms with Crippen LogP contribution < -0.4 is 5.32 Å². The highest BCUT2D eigenvalue weighted by Crippen LogP contribution is 1.97. The predicted molar refractivity (Wildman–Crippen MR) is 64.9 cm³/mol. The summed E-state index contributed by atoms with van der Waals surface area (Å²) in [5.74, 6) is -0.127. The third-order valence-electron chi connectivity index (χ3n) is 2.31. The van der Waals surface area contributed by atoms with Gasteiger partial charge in [-0.15, -0.1) is 5.10 Å². The number of carbonyl (C=O) groups excluding carboxylic acids is 1. The molecule has 0 saturated heterocycles. The second-order valence-electron chi connectivity index (χ2n) is 4.16. The molecule has 1 heterocycles. The van der Waals surface area contributed by atoms with Crippen molar-refractivity contribution in [3.63, 3.8) is 0 Å². The number of methoxy groups -OCH3 is 1. The lowest BCUT2D eigenvalue weighted by atomic mass is 10.3. The van der Waals surface area contributed by atoms with Crippen molar-refractivity contribution in [2.75, 3.05) is 20.3 Å². The molecule has 1 amide bonds. The molecule has 7 nitrogen and oxygen atoms in total. The Hall–Kier alpha value is -1.47. The Balaban J connectivity index is 2.37. The Morgan fingerprint density at radius 2 is 2.44 bits per heavy atom. The van der Waals surface area contributed by atoms with Gasteiger partial charge in [-0.2, -0.15) is 0 Å². The SMILES string of the molecule is COCC(C)NC(=O)Cn1cc(CCCO)nn1. The highest BCUT2D eigenvalue weighted by Gasteiger charge is 2.09. The van der Waals surface area contributed by atoms with Crippen LogP contribution in [0.4, 0.5) is 0 Å². The summed E-state index contributed by atoms with van der Waals surface area (Å²) in [5, 5.41) is 19.3. The molecule has 0 aliphatic rings. The summed E-state index contributed by atoms with van der Waals surface area (Å²) in [4.78, 5) is 11.6. The summed E-state index contributed by atoms with van der Waals surface area (Å²) in [7, 11) is 1.59. The van der Waals surface area contributed by atoms with Gasteiger partial charge >= 0.3 is 0 Å². The van der Waals surface area contributed by atoms with Crippen LogP contribution >= 0.6 is 0 Å². The Kier molecular flexibility index (Phi) is 6.31. The Bertz CT molecular complexity index is 367. The van der Waals surface area contributed by atoms with Gasteiger partial charge in [0.15, 0.2) is 0 Å². The number of aliphatic hydroxyl groups is 1. The van der Waals surface area contributed by atoms with Crippen LogP contribution in [0.2, 0.25) is 0 Å². The standard InChI is InChI=1S/C11H20N4O3/c1-9(8-18-2)12-11(17)7-15-6-10(13-14-15)4-3-5-16/h6,9,16H,3-5,7-8H2,1-2H3,(H,12,17). The molecule has 18 heavy (non-hydrogen) atoms. The topological polar surface area (TPSA) is 89.3 Å². The smallest absolute Gasteiger partial charge is 0.242 e. The molecule has 1 rings (SSSR count). The van der Waals surface area contributed by atoms with Crippen molar-refractivity contribution in [1.82, 2.24) is 20.3 Å². The Labute approximate surface area is 106 Å². The first-order valence-electron chi connectivity index (χ1n) is 5.94. The first-order valence-corrected chi connectivity index (χ1v) is 5.94. The molecule has 0 saturated carbocycles. The molecule has 2 N–H and O–H groups in total. The fourth-order valence-corrected chi connectivity index (χ4v) is 1.55. The molecule has 1 aromatic rings. The second-order valence-corrected chi connectivity index (χ2v) is 4.16. The van der Waals surface area contributed by atoms with Gasteiger partial charge in [-0.1, -0.05) is 5.21 Å². The number of ether oxygens (including phenoxy) is 1. The molecule has 1 aromatic heterocycles. The van der Waals surface area contributed by atoms with E-state index in [2.05, 4.69) is 15.6 Å². The monoisotopic (exact) mass is 256 g/mol. The fraction of sp³-hybridized carbons (Fsp3) is 0.727. The minimum absolute atomic E-state index is 0.0279. The van der Waals surface area contributed by atoms with E-state index in [1.165, 1.54) is 4.68 Å². The van der Waals surface area contributed by atoms with Crippen molar-refractivity contribution < 1.29 is 14.6 Å². The molecule has 0 aliphatic carbocycles. The lowest BCUT2D eigenvalue weighted by molar-refractivity contribution is -0.122. The van der Waals surface area contributed by atoms with E-state index in [-0.39, 0.29) is 25.1 Å². The number of rotatable bonds is 8. The van der Waals surface area contributed by atoms with Gasteiger partial charge < -0.3 is 15.2 Å². The Morgan fingerprint density at radius 3 is 3.11 bits per heavy atom. The molecule has 0 aromatic carbocycles. The molecule has 102 valence electrons. The van der Waals surface area contributed by atoms with Crippen molar-refractivity contribution in [3.8, 4) is 0 Å². The van der Waals surface area contributed by atoms with Gasteiger partial charge in [0.2, 0.25) is 5.91 Å². The van der Waals surface area contributed by atoms with Crippen molar-refractivity contribution in [3.05, 3.63) is 11.9 Å². The largest absolute Gasteiger partial charge is 0.396 e. The van der Waals surface area contributed by atoms with E-state index in [1.54, 1.807) is 13.3 Å². The van der Waals surface area contributed by atoms with Gasteiger partial charge in [0.25, 0.3) is 0 Å². The molecule has 0 spiro atoms. The van der Waals surface area contributed by atoms with Crippen LogP contribution in [0.5, 0.6) is 0 Å². The van der Waals surface area contributed by atoms with Crippen LogP contribution in [-0.4, -0.2) is 52.4 Å². The molecule has 7 heteroatoms. The fourth-order valence-electron chi connectivity index (χ4n) is 1.55. The van der Waals surface area contributed by atoms with Gasteiger partial charge in [-0.05, 0) is 19.8 Å². The molecular weight excluding hydrogens is 236 g/mol. The molecule has 0 radical (unpaired) electrons. The van der Waals surface area contributed by atoms with E-state index in [0.717, 1.165) is 5.69 Å². The van der Waals surface area contributed by atoms with Crippen LogP contribution in [0.3, 0.4) is 0 Å². The highest BCUT2D eigenvalue weighted by molar-refractivity contribution is 5.75. The molecule has 0 fully saturated rings. The van der Waals surface area contributed by atoms with Crippen LogP contribution in [0.25, 0.3) is 0 Å². The minimum atomic E-state index is -0.127. The third kappa shape index (κ3) is 5.24. The molecule has 1 unspecified atom stereocenters. The highest BCUT2D eigenvalue weighted by atomic mass is 16.5. The van der Waals surface area contributed by atoms with E-state index >= 15 is 0 Å². The average molecular weight is 256 g/mol. The maximum absolute atomic E-state index is 11.6. The van der Waals surface area contributed by atoms with Gasteiger partial charge in [0.05, 0.1) is 12.3 Å². The first-order chi connectivity index (χ1) is 8.65. The predicted octanol–water partition coefficient (Wildman–Crippen LogP) is -0.646. The van der Waals surface area contributed by atoms with Crippen molar-refractivity contribution in [1.29, 1.82) is 0 Å². The summed E-state index contributed by atoms with van der Waals surface area (Å²) in [6, 6.07) is -0.0279. The van der Waals surface area contributed by atoms with Crippen molar-refractivity contribution in [2.24, 2.45) is 0 Å². The van der Waals surface area contributed by atoms with Gasteiger partial charge in [-0.3, -0.25) is 4.79 Å². The number of aliphatic hydroxyl groups excluding tert-OH is 1. The zero-order valence-corrected chi connectivity index (χ0v) is 10.8. The third-order valence-corrected chi connectivity index (χ3v) is 2.31. The van der Waals surface area contributed by atoms with E-state index in [1.807, 2.05) is 6.92 Å². The number of hydrogen-bond donors (Lipinski definition) is 2. The molecular formula is C11H20N4O3. The normalized spacial score (nSPS) is 12.4. The van der Waals surface area contributed by atoms with E-state index in [4.69, 9.17) is 9.84 Å². The maximum atomic E-state index is 11.6. The quantitative estimate of drug-likeness (QED) is 0.645.